The number of rotatable bonds is 8. The van der Waals surface area contributed by atoms with Gasteiger partial charge in [-0.3, -0.25) is 4.79 Å². The molecule has 5 nitrogen and oxygen atoms in total. The van der Waals surface area contributed by atoms with Gasteiger partial charge in [0.05, 0.1) is 5.75 Å². The highest BCUT2D eigenvalue weighted by Gasteiger charge is 2.15. The van der Waals surface area contributed by atoms with Crippen LogP contribution in [0, 0.1) is 5.92 Å². The largest absolute Gasteiger partial charge is 0.416 e. The zero-order chi connectivity index (χ0) is 17.5. The monoisotopic (exact) mass is 347 g/mol. The normalized spacial score (nSPS) is 13.7. The van der Waals surface area contributed by atoms with Crippen molar-refractivity contribution in [2.75, 3.05) is 5.75 Å². The summed E-state index contributed by atoms with van der Waals surface area (Å²) in [4.78, 5) is 11.9. The summed E-state index contributed by atoms with van der Waals surface area (Å²) < 4.78 is 5.64. The van der Waals surface area contributed by atoms with Crippen LogP contribution in [0.3, 0.4) is 0 Å². The molecule has 2 atom stereocenters. The lowest BCUT2D eigenvalue weighted by molar-refractivity contribution is -0.119. The van der Waals surface area contributed by atoms with Gasteiger partial charge in [-0.25, -0.2) is 0 Å². The lowest BCUT2D eigenvalue weighted by Crippen LogP contribution is -2.37. The molecule has 0 aliphatic heterocycles. The second-order valence-electron chi connectivity index (χ2n) is 6.37. The molecule has 0 radical (unpaired) electrons. The van der Waals surface area contributed by atoms with Crippen LogP contribution in [0.1, 0.15) is 45.1 Å². The van der Waals surface area contributed by atoms with Crippen molar-refractivity contribution in [2.45, 2.75) is 51.3 Å². The Morgan fingerprint density at radius 3 is 2.54 bits per heavy atom. The number of thioether (sulfide) groups is 1. The average Bonchev–Trinajstić information content (AvgIpc) is 3.01. The quantitative estimate of drug-likeness (QED) is 0.738. The maximum atomic E-state index is 11.9. The Bertz CT molecular complexity index is 643. The minimum absolute atomic E-state index is 0.0152. The lowest BCUT2D eigenvalue weighted by Gasteiger charge is -2.16. The number of hydrogen-bond acceptors (Lipinski definition) is 5. The summed E-state index contributed by atoms with van der Waals surface area (Å²) in [6.45, 7) is 8.29. The van der Waals surface area contributed by atoms with Crippen LogP contribution in [0.4, 0.5) is 0 Å². The van der Waals surface area contributed by atoms with E-state index in [0.717, 1.165) is 0 Å². The molecule has 0 aliphatic carbocycles. The minimum Gasteiger partial charge on any atom is -0.416 e. The van der Waals surface area contributed by atoms with Crippen LogP contribution in [0.25, 0.3) is 0 Å². The third kappa shape index (κ3) is 5.67. The molecule has 0 fully saturated rings. The van der Waals surface area contributed by atoms with Crippen LogP contribution < -0.4 is 5.32 Å². The molecule has 130 valence electrons. The summed E-state index contributed by atoms with van der Waals surface area (Å²) in [5.41, 5.74) is 1.24. The molecule has 1 N–H and O–H groups in total. The highest BCUT2D eigenvalue weighted by molar-refractivity contribution is 7.99. The van der Waals surface area contributed by atoms with Crippen LogP contribution in [0.15, 0.2) is 40.0 Å². The van der Waals surface area contributed by atoms with Gasteiger partial charge < -0.3 is 9.73 Å². The van der Waals surface area contributed by atoms with Crippen molar-refractivity contribution in [1.82, 2.24) is 15.5 Å². The van der Waals surface area contributed by atoms with Crippen molar-refractivity contribution in [2.24, 2.45) is 5.92 Å². The molecule has 1 heterocycles. The van der Waals surface area contributed by atoms with Gasteiger partial charge in [-0.1, -0.05) is 62.9 Å². The summed E-state index contributed by atoms with van der Waals surface area (Å²) in [5, 5.41) is 11.5. The van der Waals surface area contributed by atoms with Gasteiger partial charge in [0.25, 0.3) is 5.22 Å². The van der Waals surface area contributed by atoms with E-state index in [0.29, 0.717) is 29.4 Å². The Labute approximate surface area is 147 Å². The van der Waals surface area contributed by atoms with Crippen molar-refractivity contribution >= 4 is 17.7 Å². The molecule has 0 spiro atoms. The second kappa shape index (κ2) is 8.87. The molecular weight excluding hydrogens is 322 g/mol. The highest BCUT2D eigenvalue weighted by atomic mass is 32.2. The van der Waals surface area contributed by atoms with Crippen LogP contribution in [-0.4, -0.2) is 27.9 Å². The number of hydrogen-bond donors (Lipinski definition) is 1. The molecule has 2 aromatic rings. The molecule has 2 rings (SSSR count). The number of nitrogens with zero attached hydrogens (tertiary/aromatic N) is 2. The molecule has 6 heteroatoms. The van der Waals surface area contributed by atoms with Gasteiger partial charge in [-0.2, -0.15) is 0 Å². The lowest BCUT2D eigenvalue weighted by atomic mass is 9.98. The Balaban J connectivity index is 1.82. The highest BCUT2D eigenvalue weighted by Crippen LogP contribution is 2.22. The van der Waals surface area contributed by atoms with E-state index in [2.05, 4.69) is 48.4 Å². The Morgan fingerprint density at radius 2 is 1.88 bits per heavy atom. The minimum atomic E-state index is -0.0152. The number of carbonyl (C=O) groups excluding carboxylic acids is 1. The summed E-state index contributed by atoms with van der Waals surface area (Å²) in [5.74, 6) is 1.59. The third-order valence-corrected chi connectivity index (χ3v) is 4.83. The molecule has 1 aromatic heterocycles. The van der Waals surface area contributed by atoms with Crippen molar-refractivity contribution in [3.8, 4) is 0 Å². The SMILES string of the molecule is CC(Cc1nnc(SCC(=O)NC(C)C(C)C)o1)c1ccccc1. The second-order valence-corrected chi connectivity index (χ2v) is 7.29. The first-order valence-electron chi connectivity index (χ1n) is 8.25. The topological polar surface area (TPSA) is 68.0 Å². The Morgan fingerprint density at radius 1 is 1.17 bits per heavy atom. The number of carbonyl (C=O) groups is 1. The van der Waals surface area contributed by atoms with Gasteiger partial charge >= 0.3 is 0 Å². The van der Waals surface area contributed by atoms with E-state index in [1.54, 1.807) is 0 Å². The van der Waals surface area contributed by atoms with E-state index in [-0.39, 0.29) is 17.7 Å². The van der Waals surface area contributed by atoms with Gasteiger partial charge in [-0.05, 0) is 24.3 Å². The number of nitrogens with one attached hydrogen (secondary N) is 1. The van der Waals surface area contributed by atoms with E-state index in [1.165, 1.54) is 17.3 Å². The van der Waals surface area contributed by atoms with Crippen molar-refractivity contribution in [1.29, 1.82) is 0 Å². The fraction of sp³-hybridized carbons (Fsp3) is 0.500. The molecule has 1 amide bonds. The standard InChI is InChI=1S/C18H25N3O2S/c1-12(2)14(4)19-16(22)11-24-18-21-20-17(23-18)10-13(3)15-8-6-5-7-9-15/h5-9,12-14H,10-11H2,1-4H3,(H,19,22). The van der Waals surface area contributed by atoms with E-state index in [4.69, 9.17) is 4.42 Å². The van der Waals surface area contributed by atoms with E-state index in [9.17, 15) is 4.79 Å². The molecule has 0 aliphatic rings. The van der Waals surface area contributed by atoms with Gasteiger partial charge in [0, 0.05) is 12.5 Å². The third-order valence-electron chi connectivity index (χ3n) is 4.01. The van der Waals surface area contributed by atoms with Crippen molar-refractivity contribution in [3.05, 3.63) is 41.8 Å². The first-order valence-corrected chi connectivity index (χ1v) is 9.23. The van der Waals surface area contributed by atoms with Crippen molar-refractivity contribution in [3.63, 3.8) is 0 Å². The van der Waals surface area contributed by atoms with Gasteiger partial charge in [0.15, 0.2) is 0 Å². The fourth-order valence-electron chi connectivity index (χ4n) is 2.13. The smallest absolute Gasteiger partial charge is 0.277 e. The van der Waals surface area contributed by atoms with E-state index < -0.39 is 0 Å². The van der Waals surface area contributed by atoms with Crippen LogP contribution >= 0.6 is 11.8 Å². The molecule has 24 heavy (non-hydrogen) atoms. The number of aromatic nitrogens is 2. The predicted octanol–water partition coefficient (Wildman–Crippen LogP) is 3.67. The molecule has 1 aromatic carbocycles. The average molecular weight is 347 g/mol. The molecule has 0 saturated carbocycles. The van der Waals surface area contributed by atoms with Crippen LogP contribution in [-0.2, 0) is 11.2 Å². The maximum absolute atomic E-state index is 11.9. The van der Waals surface area contributed by atoms with E-state index >= 15 is 0 Å². The van der Waals surface area contributed by atoms with Gasteiger partial charge in [0.2, 0.25) is 11.8 Å². The molecule has 0 bridgehead atoms. The Hall–Kier alpha value is -1.82. The van der Waals surface area contributed by atoms with Crippen molar-refractivity contribution < 1.29 is 9.21 Å². The van der Waals surface area contributed by atoms with Crippen LogP contribution in [0.2, 0.25) is 0 Å². The summed E-state index contributed by atoms with van der Waals surface area (Å²) in [6, 6.07) is 10.4. The number of benzene rings is 1. The van der Waals surface area contributed by atoms with Gasteiger partial charge in [-0.15, -0.1) is 10.2 Å². The summed E-state index contributed by atoms with van der Waals surface area (Å²) in [7, 11) is 0. The molecular formula is C18H25N3O2S. The zero-order valence-electron chi connectivity index (χ0n) is 14.7. The molecule has 0 saturated heterocycles. The summed E-state index contributed by atoms with van der Waals surface area (Å²) in [6.07, 6.45) is 0.689. The Kier molecular flexibility index (Phi) is 6.85. The van der Waals surface area contributed by atoms with Gasteiger partial charge in [0.1, 0.15) is 0 Å². The first kappa shape index (κ1) is 18.5. The zero-order valence-corrected chi connectivity index (χ0v) is 15.5. The first-order chi connectivity index (χ1) is 11.5. The summed E-state index contributed by atoms with van der Waals surface area (Å²) >= 11 is 1.27. The van der Waals surface area contributed by atoms with E-state index in [1.807, 2.05) is 25.1 Å². The number of amides is 1. The molecule has 2 unspecified atom stereocenters. The fourth-order valence-corrected chi connectivity index (χ4v) is 2.72. The maximum Gasteiger partial charge on any atom is 0.277 e. The van der Waals surface area contributed by atoms with Crippen LogP contribution in [0.5, 0.6) is 0 Å². The predicted molar refractivity (Wildman–Crippen MR) is 96.0 cm³/mol.